The van der Waals surface area contributed by atoms with Crippen LogP contribution in [0.25, 0.3) is 0 Å². The molecular weight excluding hydrogens is 226 g/mol. The fourth-order valence-corrected chi connectivity index (χ4v) is 1.74. The topological polar surface area (TPSA) is 53.1 Å². The molecule has 0 aliphatic carbocycles. The Hall–Kier alpha value is -1.36. The lowest BCUT2D eigenvalue weighted by atomic mass is 10.3. The largest absolute Gasteiger partial charge is 0.366 e. The van der Waals surface area contributed by atoms with Crippen molar-refractivity contribution < 1.29 is 0 Å². The lowest BCUT2D eigenvalue weighted by Crippen LogP contribution is -2.30. The van der Waals surface area contributed by atoms with E-state index >= 15 is 0 Å². The molecule has 0 saturated carbocycles. The fraction of sp³-hybridized carbons (Fsp3) is 0.692. The van der Waals surface area contributed by atoms with Gasteiger partial charge in [-0.1, -0.05) is 6.92 Å². The molecule has 2 N–H and O–H groups in total. The lowest BCUT2D eigenvalue weighted by Gasteiger charge is -2.20. The van der Waals surface area contributed by atoms with E-state index in [0.29, 0.717) is 12.0 Å². The maximum Gasteiger partial charge on any atom is 0.224 e. The van der Waals surface area contributed by atoms with Crippen LogP contribution in [0, 0.1) is 6.92 Å². The minimum atomic E-state index is 0.354. The number of rotatable bonds is 7. The van der Waals surface area contributed by atoms with Gasteiger partial charge >= 0.3 is 0 Å². The number of hydrogen-bond acceptors (Lipinski definition) is 5. The van der Waals surface area contributed by atoms with Crippen LogP contribution in [0.4, 0.5) is 11.8 Å². The zero-order valence-corrected chi connectivity index (χ0v) is 12.1. The standard InChI is InChI=1S/C13H25N5/c1-6-7-14-13-15-8-10(2)12(17-13)16-11(3)9-18(4)5/h8,11H,6-7,9H2,1-5H3,(H2,14,15,16,17). The molecule has 1 aromatic heterocycles. The number of nitrogens with one attached hydrogen (secondary N) is 2. The Morgan fingerprint density at radius 3 is 2.72 bits per heavy atom. The van der Waals surface area contributed by atoms with Crippen LogP contribution in [0.2, 0.25) is 0 Å². The van der Waals surface area contributed by atoms with Crippen LogP contribution in [0.15, 0.2) is 6.20 Å². The first kappa shape index (κ1) is 14.7. The highest BCUT2D eigenvalue weighted by Gasteiger charge is 2.08. The normalized spacial score (nSPS) is 12.6. The van der Waals surface area contributed by atoms with Crippen molar-refractivity contribution in [2.75, 3.05) is 37.8 Å². The number of likely N-dealkylation sites (N-methyl/N-ethyl adjacent to an activating group) is 1. The summed E-state index contributed by atoms with van der Waals surface area (Å²) in [7, 11) is 4.14. The van der Waals surface area contributed by atoms with Crippen molar-refractivity contribution in [2.24, 2.45) is 0 Å². The van der Waals surface area contributed by atoms with Gasteiger partial charge in [0.1, 0.15) is 5.82 Å². The molecule has 0 radical (unpaired) electrons. The van der Waals surface area contributed by atoms with Crippen LogP contribution >= 0.6 is 0 Å². The van der Waals surface area contributed by atoms with Crippen LogP contribution in [0.1, 0.15) is 25.8 Å². The Morgan fingerprint density at radius 1 is 1.39 bits per heavy atom. The molecular formula is C13H25N5. The molecule has 0 aliphatic rings. The van der Waals surface area contributed by atoms with Gasteiger partial charge in [0, 0.05) is 30.9 Å². The minimum absolute atomic E-state index is 0.354. The first-order chi connectivity index (χ1) is 8.52. The first-order valence-corrected chi connectivity index (χ1v) is 6.51. The van der Waals surface area contributed by atoms with Gasteiger partial charge in [-0.05, 0) is 34.4 Å². The molecule has 5 heteroatoms. The molecule has 1 heterocycles. The lowest BCUT2D eigenvalue weighted by molar-refractivity contribution is 0.392. The SMILES string of the molecule is CCCNc1ncc(C)c(NC(C)CN(C)C)n1. The summed E-state index contributed by atoms with van der Waals surface area (Å²) in [5, 5.41) is 6.63. The Morgan fingerprint density at radius 2 is 2.11 bits per heavy atom. The van der Waals surface area contributed by atoms with Crippen molar-refractivity contribution in [3.8, 4) is 0 Å². The van der Waals surface area contributed by atoms with E-state index in [1.807, 2.05) is 13.1 Å². The minimum Gasteiger partial charge on any atom is -0.366 e. The third kappa shape index (κ3) is 4.87. The highest BCUT2D eigenvalue weighted by Crippen LogP contribution is 2.13. The summed E-state index contributed by atoms with van der Waals surface area (Å²) < 4.78 is 0. The molecule has 5 nitrogen and oxygen atoms in total. The van der Waals surface area contributed by atoms with Crippen molar-refractivity contribution in [1.29, 1.82) is 0 Å². The number of aromatic nitrogens is 2. The average Bonchev–Trinajstić information content (AvgIpc) is 2.29. The van der Waals surface area contributed by atoms with Gasteiger partial charge in [0.2, 0.25) is 5.95 Å². The number of anilines is 2. The van der Waals surface area contributed by atoms with Gasteiger partial charge in [-0.15, -0.1) is 0 Å². The van der Waals surface area contributed by atoms with E-state index in [-0.39, 0.29) is 0 Å². The van der Waals surface area contributed by atoms with Crippen LogP contribution in [0.3, 0.4) is 0 Å². The zero-order valence-electron chi connectivity index (χ0n) is 12.1. The van der Waals surface area contributed by atoms with E-state index < -0.39 is 0 Å². The highest BCUT2D eigenvalue weighted by atomic mass is 15.2. The Bertz CT molecular complexity index is 364. The summed E-state index contributed by atoms with van der Waals surface area (Å²) >= 11 is 0. The summed E-state index contributed by atoms with van der Waals surface area (Å²) in [5.41, 5.74) is 1.07. The van der Waals surface area contributed by atoms with Crippen molar-refractivity contribution in [3.63, 3.8) is 0 Å². The average molecular weight is 251 g/mol. The van der Waals surface area contributed by atoms with Crippen molar-refractivity contribution in [3.05, 3.63) is 11.8 Å². The molecule has 1 aromatic rings. The van der Waals surface area contributed by atoms with Crippen LogP contribution in [-0.4, -0.2) is 48.1 Å². The molecule has 102 valence electrons. The van der Waals surface area contributed by atoms with Crippen LogP contribution < -0.4 is 10.6 Å². The van der Waals surface area contributed by atoms with Gasteiger partial charge in [0.05, 0.1) is 0 Å². The monoisotopic (exact) mass is 251 g/mol. The van der Waals surface area contributed by atoms with Gasteiger partial charge in [0.25, 0.3) is 0 Å². The summed E-state index contributed by atoms with van der Waals surface area (Å²) in [5.74, 6) is 1.61. The van der Waals surface area contributed by atoms with Crippen LogP contribution in [-0.2, 0) is 0 Å². The second kappa shape index (κ2) is 7.16. The smallest absolute Gasteiger partial charge is 0.224 e. The molecule has 1 unspecified atom stereocenters. The molecule has 0 spiro atoms. The third-order valence-corrected chi connectivity index (χ3v) is 2.53. The maximum atomic E-state index is 4.51. The predicted molar refractivity (Wildman–Crippen MR) is 77.2 cm³/mol. The number of aryl methyl sites for hydroxylation is 1. The Kier molecular flexibility index (Phi) is 5.85. The maximum absolute atomic E-state index is 4.51. The summed E-state index contributed by atoms with van der Waals surface area (Å²) in [4.78, 5) is 10.9. The summed E-state index contributed by atoms with van der Waals surface area (Å²) in [6, 6.07) is 0.354. The second-order valence-corrected chi connectivity index (χ2v) is 4.96. The van der Waals surface area contributed by atoms with Gasteiger partial charge in [-0.25, -0.2) is 4.98 Å². The van der Waals surface area contributed by atoms with E-state index in [1.165, 1.54) is 0 Å². The predicted octanol–water partition coefficient (Wildman–Crippen LogP) is 1.97. The molecule has 0 aromatic carbocycles. The molecule has 0 bridgehead atoms. The van der Waals surface area contributed by atoms with E-state index in [9.17, 15) is 0 Å². The Labute approximate surface area is 110 Å². The van der Waals surface area contributed by atoms with Crippen LogP contribution in [0.5, 0.6) is 0 Å². The van der Waals surface area contributed by atoms with Crippen molar-refractivity contribution >= 4 is 11.8 Å². The van der Waals surface area contributed by atoms with Crippen molar-refractivity contribution in [1.82, 2.24) is 14.9 Å². The van der Waals surface area contributed by atoms with Gasteiger partial charge < -0.3 is 15.5 Å². The first-order valence-electron chi connectivity index (χ1n) is 6.51. The second-order valence-electron chi connectivity index (χ2n) is 4.96. The summed E-state index contributed by atoms with van der Waals surface area (Å²) in [6.45, 7) is 8.17. The molecule has 0 saturated heterocycles. The van der Waals surface area contributed by atoms with Gasteiger partial charge in [-0.3, -0.25) is 0 Å². The molecule has 1 atom stereocenters. The van der Waals surface area contributed by atoms with E-state index in [0.717, 1.165) is 30.9 Å². The van der Waals surface area contributed by atoms with E-state index in [1.54, 1.807) is 0 Å². The summed E-state index contributed by atoms with van der Waals surface area (Å²) in [6.07, 6.45) is 2.92. The molecule has 0 amide bonds. The molecule has 18 heavy (non-hydrogen) atoms. The fourth-order valence-electron chi connectivity index (χ4n) is 1.74. The molecule has 0 aliphatic heterocycles. The molecule has 1 rings (SSSR count). The Balaban J connectivity index is 2.68. The van der Waals surface area contributed by atoms with Gasteiger partial charge in [-0.2, -0.15) is 4.98 Å². The number of nitrogens with zero attached hydrogens (tertiary/aromatic N) is 3. The van der Waals surface area contributed by atoms with Gasteiger partial charge in [0.15, 0.2) is 0 Å². The van der Waals surface area contributed by atoms with E-state index in [4.69, 9.17) is 0 Å². The number of hydrogen-bond donors (Lipinski definition) is 2. The zero-order chi connectivity index (χ0) is 13.5. The van der Waals surface area contributed by atoms with Crippen molar-refractivity contribution in [2.45, 2.75) is 33.2 Å². The molecule has 0 fully saturated rings. The highest BCUT2D eigenvalue weighted by molar-refractivity contribution is 5.47. The third-order valence-electron chi connectivity index (χ3n) is 2.53. The van der Waals surface area contributed by atoms with E-state index in [2.05, 4.69) is 53.4 Å². The quantitative estimate of drug-likeness (QED) is 0.776.